The third-order valence-corrected chi connectivity index (χ3v) is 7.46. The van der Waals surface area contributed by atoms with E-state index in [0.717, 1.165) is 11.0 Å². The monoisotopic (exact) mass is 151 g/mol. The summed E-state index contributed by atoms with van der Waals surface area (Å²) in [6.45, 7) is 0. The Hall–Kier alpha value is 0.540. The van der Waals surface area contributed by atoms with Crippen LogP contribution in [0.1, 0.15) is 0 Å². The largest absolute Gasteiger partial charge is 0.305 e. The second kappa shape index (κ2) is 2.05. The summed E-state index contributed by atoms with van der Waals surface area (Å²) in [5.74, 6) is 0. The van der Waals surface area contributed by atoms with Crippen molar-refractivity contribution in [2.75, 3.05) is 25.1 Å². The van der Waals surface area contributed by atoms with Crippen LogP contribution in [0, 0.1) is 0 Å². The molecule has 1 rings (SSSR count). The molecule has 1 aliphatic rings. The van der Waals surface area contributed by atoms with Crippen LogP contribution in [-0.4, -0.2) is 29.8 Å². The summed E-state index contributed by atoms with van der Waals surface area (Å²) in [6.07, 6.45) is 0. The van der Waals surface area contributed by atoms with Gasteiger partial charge in [0.15, 0.2) is 7.29 Å². The van der Waals surface area contributed by atoms with Gasteiger partial charge in [-0.3, -0.25) is 4.67 Å². The van der Waals surface area contributed by atoms with Gasteiger partial charge in [-0.1, -0.05) is 0 Å². The summed E-state index contributed by atoms with van der Waals surface area (Å²) in [7, 11) is 2.01. The van der Waals surface area contributed by atoms with E-state index < -0.39 is 7.29 Å². The highest BCUT2D eigenvalue weighted by molar-refractivity contribution is 8.17. The van der Waals surface area contributed by atoms with Gasteiger partial charge in [-0.2, -0.15) is 0 Å². The van der Waals surface area contributed by atoms with Crippen LogP contribution in [-0.2, 0) is 4.57 Å². The average molecular weight is 151 g/mol. The Labute approximate surface area is 54.1 Å². The number of thioether (sulfide) groups is 1. The number of rotatable bonds is 1. The maximum Gasteiger partial charge on any atom is 0.168 e. The lowest BCUT2D eigenvalue weighted by Crippen LogP contribution is -2.17. The summed E-state index contributed by atoms with van der Waals surface area (Å²) in [5, 5.41) is 0. The molecule has 2 nitrogen and oxygen atoms in total. The summed E-state index contributed by atoms with van der Waals surface area (Å²) < 4.78 is 13.1. The fraction of sp³-hybridized carbons (Fsp3) is 1.00. The minimum absolute atomic E-state index is 0.861. The van der Waals surface area contributed by atoms with E-state index in [1.54, 1.807) is 11.8 Å². The molecule has 8 heavy (non-hydrogen) atoms. The van der Waals surface area contributed by atoms with Crippen LogP contribution in [0.4, 0.5) is 0 Å². The van der Waals surface area contributed by atoms with Gasteiger partial charge in [0, 0.05) is 0 Å². The van der Waals surface area contributed by atoms with E-state index in [-0.39, 0.29) is 0 Å². The van der Waals surface area contributed by atoms with Crippen molar-refractivity contribution in [2.24, 2.45) is 0 Å². The Kier molecular flexibility index (Phi) is 1.71. The molecule has 1 fully saturated rings. The van der Waals surface area contributed by atoms with Crippen molar-refractivity contribution in [1.82, 2.24) is 4.67 Å². The quantitative estimate of drug-likeness (QED) is 0.529. The topological polar surface area (TPSA) is 20.3 Å². The normalized spacial score (nSPS) is 25.4. The van der Waals surface area contributed by atoms with Crippen LogP contribution in [0.3, 0.4) is 0 Å². The van der Waals surface area contributed by atoms with Crippen molar-refractivity contribution in [3.63, 3.8) is 0 Å². The average Bonchev–Trinajstić information content (AvgIpc) is 1.60. The van der Waals surface area contributed by atoms with Crippen molar-refractivity contribution in [3.8, 4) is 0 Å². The third kappa shape index (κ3) is 0.949. The summed E-state index contributed by atoms with van der Waals surface area (Å²) in [6, 6.07) is 0. The van der Waals surface area contributed by atoms with Crippen LogP contribution in [0.5, 0.6) is 0 Å². The molecule has 0 aromatic rings. The van der Waals surface area contributed by atoms with Gasteiger partial charge in [0.05, 0.1) is 11.0 Å². The number of nitrogens with zero attached hydrogens (tertiary/aromatic N) is 1. The molecule has 0 atom stereocenters. The first-order chi connectivity index (χ1) is 3.65. The van der Waals surface area contributed by atoms with E-state index >= 15 is 0 Å². The fourth-order valence-corrected chi connectivity index (χ4v) is 4.31. The SMILES string of the molecule is CN(C)P1(=O)CSC1. The summed E-state index contributed by atoms with van der Waals surface area (Å²) in [4.78, 5) is 0. The van der Waals surface area contributed by atoms with E-state index in [1.165, 1.54) is 0 Å². The Morgan fingerprint density at radius 2 is 2.00 bits per heavy atom. The predicted octanol–water partition coefficient (Wildman–Crippen LogP) is 1.49. The lowest BCUT2D eigenvalue weighted by molar-refractivity contribution is 0.521. The molecule has 0 unspecified atom stereocenters. The molecule has 0 bridgehead atoms. The molecule has 0 aliphatic carbocycles. The van der Waals surface area contributed by atoms with Gasteiger partial charge in [0.1, 0.15) is 0 Å². The van der Waals surface area contributed by atoms with Gasteiger partial charge < -0.3 is 4.57 Å². The van der Waals surface area contributed by atoms with Gasteiger partial charge in [-0.25, -0.2) is 0 Å². The maximum absolute atomic E-state index is 11.3. The van der Waals surface area contributed by atoms with E-state index in [9.17, 15) is 4.57 Å². The van der Waals surface area contributed by atoms with Crippen molar-refractivity contribution < 1.29 is 4.57 Å². The highest BCUT2D eigenvalue weighted by Gasteiger charge is 2.32. The molecule has 0 N–H and O–H groups in total. The molecule has 0 saturated carbocycles. The standard InChI is InChI=1S/C4H10NOPS/c1-5(2)7(6)3-8-4-7/h3-4H2,1-2H3. The molecule has 0 radical (unpaired) electrons. The van der Waals surface area contributed by atoms with Crippen LogP contribution >= 0.6 is 19.1 Å². The second-order valence-electron chi connectivity index (χ2n) is 2.16. The zero-order valence-corrected chi connectivity index (χ0v) is 6.84. The van der Waals surface area contributed by atoms with Gasteiger partial charge in [-0.05, 0) is 14.1 Å². The molecule has 0 aromatic carbocycles. The zero-order chi connectivity index (χ0) is 6.20. The summed E-state index contributed by atoms with van der Waals surface area (Å²) in [5.41, 5.74) is 1.72. The van der Waals surface area contributed by atoms with E-state index in [1.807, 2.05) is 18.8 Å². The first-order valence-electron chi connectivity index (χ1n) is 2.49. The summed E-state index contributed by atoms with van der Waals surface area (Å²) >= 11 is 1.77. The number of hydrogen-bond acceptors (Lipinski definition) is 2. The van der Waals surface area contributed by atoms with Gasteiger partial charge in [-0.15, -0.1) is 11.8 Å². The first-order valence-corrected chi connectivity index (χ1v) is 5.67. The lowest BCUT2D eigenvalue weighted by atomic mass is 11.3. The highest BCUT2D eigenvalue weighted by atomic mass is 32.2. The number of hydrogen-bond donors (Lipinski definition) is 0. The molecule has 48 valence electrons. The van der Waals surface area contributed by atoms with Gasteiger partial charge in [0.25, 0.3) is 0 Å². The molecule has 0 spiro atoms. The minimum Gasteiger partial charge on any atom is -0.305 e. The fourth-order valence-electron chi connectivity index (χ4n) is 0.478. The molecule has 1 aliphatic heterocycles. The molecule has 0 amide bonds. The highest BCUT2D eigenvalue weighted by Crippen LogP contribution is 2.61. The van der Waals surface area contributed by atoms with Crippen LogP contribution in [0.15, 0.2) is 0 Å². The molecule has 0 aromatic heterocycles. The van der Waals surface area contributed by atoms with E-state index in [4.69, 9.17) is 0 Å². The smallest absolute Gasteiger partial charge is 0.168 e. The Morgan fingerprint density at radius 3 is 2.00 bits per heavy atom. The third-order valence-electron chi connectivity index (χ3n) is 1.32. The minimum atomic E-state index is -1.77. The molecular formula is C4H10NOPS. The molecule has 1 saturated heterocycles. The molecule has 4 heteroatoms. The van der Waals surface area contributed by atoms with Gasteiger partial charge in [0.2, 0.25) is 0 Å². The van der Waals surface area contributed by atoms with Crippen molar-refractivity contribution in [2.45, 2.75) is 0 Å². The lowest BCUT2D eigenvalue weighted by Gasteiger charge is -2.31. The van der Waals surface area contributed by atoms with Crippen LogP contribution in [0.2, 0.25) is 0 Å². The predicted molar refractivity (Wildman–Crippen MR) is 38.6 cm³/mol. The van der Waals surface area contributed by atoms with E-state index in [0.29, 0.717) is 0 Å². The Balaban J connectivity index is 2.54. The Bertz CT molecular complexity index is 128. The molecule has 1 heterocycles. The Morgan fingerprint density at radius 1 is 1.50 bits per heavy atom. The zero-order valence-electron chi connectivity index (χ0n) is 5.13. The maximum atomic E-state index is 11.3. The van der Waals surface area contributed by atoms with Crippen LogP contribution < -0.4 is 0 Å². The van der Waals surface area contributed by atoms with E-state index in [2.05, 4.69) is 0 Å². The second-order valence-corrected chi connectivity index (χ2v) is 7.12. The van der Waals surface area contributed by atoms with Gasteiger partial charge >= 0.3 is 0 Å². The van der Waals surface area contributed by atoms with Crippen LogP contribution in [0.25, 0.3) is 0 Å². The molecular weight excluding hydrogens is 141 g/mol. The van der Waals surface area contributed by atoms with Crippen molar-refractivity contribution >= 4 is 19.1 Å². The first kappa shape index (κ1) is 6.66. The van der Waals surface area contributed by atoms with Crippen molar-refractivity contribution in [1.29, 1.82) is 0 Å². The van der Waals surface area contributed by atoms with Crippen molar-refractivity contribution in [3.05, 3.63) is 0 Å².